The number of anilines is 1. The van der Waals surface area contributed by atoms with Crippen LogP contribution in [0.4, 0.5) is 5.69 Å². The summed E-state index contributed by atoms with van der Waals surface area (Å²) in [6, 6.07) is 12.5. The van der Waals surface area contributed by atoms with Crippen molar-refractivity contribution in [3.05, 3.63) is 63.6 Å². The molecule has 6 heteroatoms. The highest BCUT2D eigenvalue weighted by atomic mass is 35.5. The molecule has 24 heavy (non-hydrogen) atoms. The minimum absolute atomic E-state index is 0.125. The second-order valence-corrected chi connectivity index (χ2v) is 6.24. The summed E-state index contributed by atoms with van der Waals surface area (Å²) < 4.78 is 5.12. The Kier molecular flexibility index (Phi) is 5.07. The monoisotopic (exact) mass is 363 g/mol. The summed E-state index contributed by atoms with van der Waals surface area (Å²) in [6.07, 6.45) is 1.83. The lowest BCUT2D eigenvalue weighted by molar-refractivity contribution is -0.121. The Morgan fingerprint density at radius 1 is 1.08 bits per heavy atom. The largest absolute Gasteiger partial charge is 0.452 e. The zero-order chi connectivity index (χ0) is 17.1. The van der Waals surface area contributed by atoms with Gasteiger partial charge in [0, 0.05) is 12.2 Å². The van der Waals surface area contributed by atoms with E-state index in [0.29, 0.717) is 6.54 Å². The molecule has 0 radical (unpaired) electrons. The third-order valence-corrected chi connectivity index (χ3v) is 4.73. The van der Waals surface area contributed by atoms with Crippen LogP contribution in [0, 0.1) is 0 Å². The molecule has 3 rings (SSSR count). The molecule has 0 N–H and O–H groups in total. The number of halogens is 2. The molecule has 0 saturated carbocycles. The van der Waals surface area contributed by atoms with Crippen LogP contribution in [0.2, 0.25) is 10.0 Å². The fourth-order valence-electron chi connectivity index (χ4n) is 2.74. The van der Waals surface area contributed by atoms with E-state index in [2.05, 4.69) is 0 Å². The number of hydrogen-bond donors (Lipinski definition) is 0. The Labute approximate surface area is 149 Å². The van der Waals surface area contributed by atoms with Crippen LogP contribution in [0.25, 0.3) is 0 Å². The van der Waals surface area contributed by atoms with Gasteiger partial charge in [-0.15, -0.1) is 0 Å². The van der Waals surface area contributed by atoms with Crippen LogP contribution in [-0.4, -0.2) is 25.0 Å². The molecule has 0 aliphatic carbocycles. The number of carbonyl (C=O) groups excluding carboxylic acids is 2. The number of hydrogen-bond acceptors (Lipinski definition) is 3. The summed E-state index contributed by atoms with van der Waals surface area (Å²) in [7, 11) is 0. The van der Waals surface area contributed by atoms with Gasteiger partial charge >= 0.3 is 5.97 Å². The van der Waals surface area contributed by atoms with E-state index < -0.39 is 5.97 Å². The first-order chi connectivity index (χ1) is 11.6. The van der Waals surface area contributed by atoms with Crippen LogP contribution in [0.1, 0.15) is 22.3 Å². The topological polar surface area (TPSA) is 46.6 Å². The number of ether oxygens (including phenoxy) is 1. The normalized spacial score (nSPS) is 13.3. The Balaban J connectivity index is 1.68. The van der Waals surface area contributed by atoms with Crippen molar-refractivity contribution >= 4 is 40.8 Å². The second-order valence-electron chi connectivity index (χ2n) is 5.46. The van der Waals surface area contributed by atoms with Crippen LogP contribution in [-0.2, 0) is 16.0 Å². The molecule has 0 unspecified atom stereocenters. The zero-order valence-electron chi connectivity index (χ0n) is 12.8. The molecule has 2 aromatic rings. The van der Waals surface area contributed by atoms with Crippen molar-refractivity contribution in [2.24, 2.45) is 0 Å². The van der Waals surface area contributed by atoms with Gasteiger partial charge in [-0.1, -0.05) is 47.5 Å². The van der Waals surface area contributed by atoms with Crippen molar-refractivity contribution in [2.75, 3.05) is 18.1 Å². The molecule has 1 heterocycles. The first kappa shape index (κ1) is 16.8. The van der Waals surface area contributed by atoms with Gasteiger partial charge in [0.05, 0.1) is 15.6 Å². The number of rotatable bonds is 3. The minimum Gasteiger partial charge on any atom is -0.452 e. The van der Waals surface area contributed by atoms with Crippen LogP contribution < -0.4 is 4.90 Å². The molecular formula is C18H15Cl2NO3. The lowest BCUT2D eigenvalue weighted by Gasteiger charge is -2.29. The summed E-state index contributed by atoms with van der Waals surface area (Å²) >= 11 is 11.9. The van der Waals surface area contributed by atoms with Gasteiger partial charge in [-0.05, 0) is 36.6 Å². The molecule has 0 bridgehead atoms. The fourth-order valence-corrected chi connectivity index (χ4v) is 3.11. The summed E-state index contributed by atoms with van der Waals surface area (Å²) in [5.41, 5.74) is 2.16. The van der Waals surface area contributed by atoms with Gasteiger partial charge in [-0.25, -0.2) is 4.79 Å². The van der Waals surface area contributed by atoms with Gasteiger partial charge in [0.15, 0.2) is 6.61 Å². The maximum absolute atomic E-state index is 12.4. The number of fused-ring (bicyclic) bond motifs is 1. The first-order valence-corrected chi connectivity index (χ1v) is 8.33. The van der Waals surface area contributed by atoms with Crippen LogP contribution in [0.3, 0.4) is 0 Å². The number of para-hydroxylation sites is 1. The Morgan fingerprint density at radius 3 is 2.71 bits per heavy atom. The van der Waals surface area contributed by atoms with E-state index in [1.807, 2.05) is 24.3 Å². The average Bonchev–Trinajstić information content (AvgIpc) is 2.61. The van der Waals surface area contributed by atoms with E-state index in [1.54, 1.807) is 17.0 Å². The van der Waals surface area contributed by atoms with Crippen molar-refractivity contribution in [2.45, 2.75) is 12.8 Å². The van der Waals surface area contributed by atoms with Crippen LogP contribution in [0.5, 0.6) is 0 Å². The minimum atomic E-state index is -0.666. The van der Waals surface area contributed by atoms with Crippen LogP contribution in [0.15, 0.2) is 42.5 Å². The molecule has 124 valence electrons. The molecule has 4 nitrogen and oxygen atoms in total. The van der Waals surface area contributed by atoms with E-state index in [0.717, 1.165) is 24.1 Å². The molecule has 0 atom stereocenters. The predicted octanol–water partition coefficient (Wildman–Crippen LogP) is 4.13. The zero-order valence-corrected chi connectivity index (χ0v) is 14.3. The Morgan fingerprint density at radius 2 is 1.88 bits per heavy atom. The summed E-state index contributed by atoms with van der Waals surface area (Å²) in [5, 5.41) is 0.391. The standard InChI is InChI=1S/C18H15Cl2NO3/c19-14-8-3-7-13(17(14)20)18(23)24-11-16(22)21-10-4-6-12-5-1-2-9-15(12)21/h1-3,5,7-9H,4,6,10-11H2. The molecule has 1 aliphatic heterocycles. The lowest BCUT2D eigenvalue weighted by Crippen LogP contribution is -2.38. The van der Waals surface area contributed by atoms with Crippen molar-refractivity contribution in [1.29, 1.82) is 0 Å². The van der Waals surface area contributed by atoms with E-state index in [-0.39, 0.29) is 28.1 Å². The number of nitrogens with zero attached hydrogens (tertiary/aromatic N) is 1. The van der Waals surface area contributed by atoms with Crippen molar-refractivity contribution in [1.82, 2.24) is 0 Å². The summed E-state index contributed by atoms with van der Waals surface area (Å²) in [5.74, 6) is -0.921. The highest BCUT2D eigenvalue weighted by Crippen LogP contribution is 2.28. The molecule has 1 aliphatic rings. The molecule has 0 saturated heterocycles. The van der Waals surface area contributed by atoms with Gasteiger partial charge in [-0.2, -0.15) is 0 Å². The highest BCUT2D eigenvalue weighted by Gasteiger charge is 2.23. The SMILES string of the molecule is O=C(OCC(=O)N1CCCc2ccccc21)c1cccc(Cl)c1Cl. The maximum atomic E-state index is 12.4. The predicted molar refractivity (Wildman–Crippen MR) is 93.9 cm³/mol. The highest BCUT2D eigenvalue weighted by molar-refractivity contribution is 6.43. The molecule has 0 fully saturated rings. The Hall–Kier alpha value is -2.04. The molecule has 0 spiro atoms. The smallest absolute Gasteiger partial charge is 0.340 e. The fraction of sp³-hybridized carbons (Fsp3) is 0.222. The lowest BCUT2D eigenvalue weighted by atomic mass is 10.0. The van der Waals surface area contributed by atoms with E-state index >= 15 is 0 Å². The average molecular weight is 364 g/mol. The number of amides is 1. The van der Waals surface area contributed by atoms with E-state index in [1.165, 1.54) is 6.07 Å². The summed E-state index contributed by atoms with van der Waals surface area (Å²) in [6.45, 7) is 0.279. The molecule has 1 amide bonds. The van der Waals surface area contributed by atoms with E-state index in [4.69, 9.17) is 27.9 Å². The van der Waals surface area contributed by atoms with E-state index in [9.17, 15) is 9.59 Å². The number of esters is 1. The molecule has 0 aromatic heterocycles. The quantitative estimate of drug-likeness (QED) is 0.770. The number of aryl methyl sites for hydroxylation is 1. The number of carbonyl (C=O) groups is 2. The second kappa shape index (κ2) is 7.24. The van der Waals surface area contributed by atoms with Gasteiger partial charge in [-0.3, -0.25) is 4.79 Å². The van der Waals surface area contributed by atoms with Crippen molar-refractivity contribution < 1.29 is 14.3 Å². The van der Waals surface area contributed by atoms with Gasteiger partial charge in [0.1, 0.15) is 0 Å². The van der Waals surface area contributed by atoms with Crippen LogP contribution >= 0.6 is 23.2 Å². The van der Waals surface area contributed by atoms with Gasteiger partial charge in [0.25, 0.3) is 5.91 Å². The van der Waals surface area contributed by atoms with Crippen molar-refractivity contribution in [3.63, 3.8) is 0 Å². The summed E-state index contributed by atoms with van der Waals surface area (Å²) in [4.78, 5) is 26.2. The van der Waals surface area contributed by atoms with Gasteiger partial charge < -0.3 is 9.64 Å². The first-order valence-electron chi connectivity index (χ1n) is 7.57. The maximum Gasteiger partial charge on any atom is 0.340 e. The third kappa shape index (κ3) is 3.40. The molecule has 2 aromatic carbocycles. The Bertz CT molecular complexity index is 792. The van der Waals surface area contributed by atoms with Crippen molar-refractivity contribution in [3.8, 4) is 0 Å². The number of benzene rings is 2. The van der Waals surface area contributed by atoms with Gasteiger partial charge in [0.2, 0.25) is 0 Å². The third-order valence-electron chi connectivity index (χ3n) is 3.91. The molecular weight excluding hydrogens is 349 g/mol.